The fourth-order valence-electron chi connectivity index (χ4n) is 5.65. The van der Waals surface area contributed by atoms with Gasteiger partial charge in [-0.25, -0.2) is 4.98 Å². The van der Waals surface area contributed by atoms with E-state index in [4.69, 9.17) is 11.6 Å². The third kappa shape index (κ3) is 4.39. The summed E-state index contributed by atoms with van der Waals surface area (Å²) in [6, 6.07) is 17.1. The standard InChI is InChI=1S/C30H32ClN5O/c1-3-26(37)36-14-4-5-20-6-7-22(19-25(20)36)27-28-24(31)12-13-32-30(28)33-29(27)21-8-10-23(11-9-21)35-17-15-34(2)16-18-35/h3,6-13,19,26,37H,1,4-5,14-18H2,2H3,(H,32,33). The summed E-state index contributed by atoms with van der Waals surface area (Å²) in [5.41, 5.74) is 8.44. The van der Waals surface area contributed by atoms with Gasteiger partial charge in [-0.05, 0) is 66.9 Å². The van der Waals surface area contributed by atoms with Crippen LogP contribution in [0.5, 0.6) is 0 Å². The first-order valence-corrected chi connectivity index (χ1v) is 13.3. The van der Waals surface area contributed by atoms with Crippen LogP contribution >= 0.6 is 11.6 Å². The number of benzene rings is 2. The van der Waals surface area contributed by atoms with Crippen molar-refractivity contribution in [2.45, 2.75) is 19.1 Å². The molecule has 2 aliphatic rings. The van der Waals surface area contributed by atoms with Gasteiger partial charge in [0.15, 0.2) is 0 Å². The molecule has 1 unspecified atom stereocenters. The van der Waals surface area contributed by atoms with Gasteiger partial charge in [-0.15, -0.1) is 0 Å². The minimum absolute atomic E-state index is 0.664. The van der Waals surface area contributed by atoms with Crippen molar-refractivity contribution < 1.29 is 5.11 Å². The molecule has 0 spiro atoms. The summed E-state index contributed by atoms with van der Waals surface area (Å²) in [5.74, 6) is 0. The third-order valence-corrected chi connectivity index (χ3v) is 8.04. The second-order valence-electron chi connectivity index (χ2n) is 10.0. The van der Waals surface area contributed by atoms with Gasteiger partial charge in [-0.2, -0.15) is 0 Å². The van der Waals surface area contributed by atoms with Crippen LogP contribution in [0.15, 0.2) is 67.4 Å². The molecule has 0 amide bonds. The van der Waals surface area contributed by atoms with Gasteiger partial charge in [0, 0.05) is 61.2 Å². The van der Waals surface area contributed by atoms with Crippen LogP contribution in [0.4, 0.5) is 11.4 Å². The predicted molar refractivity (Wildman–Crippen MR) is 154 cm³/mol. The molecule has 0 aliphatic carbocycles. The molecule has 2 N–H and O–H groups in total. The first-order chi connectivity index (χ1) is 18.0. The summed E-state index contributed by atoms with van der Waals surface area (Å²) in [6.45, 7) is 8.82. The number of aromatic nitrogens is 2. The number of aromatic amines is 1. The number of piperazine rings is 1. The normalized spacial score (nSPS) is 17.2. The number of hydrogen-bond acceptors (Lipinski definition) is 5. The monoisotopic (exact) mass is 513 g/mol. The number of anilines is 2. The fraction of sp³-hybridized carbons (Fsp3) is 0.300. The molecule has 1 atom stereocenters. The van der Waals surface area contributed by atoms with Gasteiger partial charge in [0.2, 0.25) is 0 Å². The van der Waals surface area contributed by atoms with Crippen molar-refractivity contribution >= 4 is 34.0 Å². The lowest BCUT2D eigenvalue weighted by molar-refractivity contribution is 0.214. The average molecular weight is 514 g/mol. The number of aliphatic hydroxyl groups excluding tert-OH is 1. The number of fused-ring (bicyclic) bond motifs is 2. The van der Waals surface area contributed by atoms with E-state index < -0.39 is 6.23 Å². The summed E-state index contributed by atoms with van der Waals surface area (Å²) in [6.07, 6.45) is 4.60. The molecule has 6 rings (SSSR count). The number of aliphatic hydroxyl groups is 1. The minimum atomic E-state index is -0.718. The number of pyridine rings is 1. The Bertz CT molecular complexity index is 1440. The molecule has 1 saturated heterocycles. The highest BCUT2D eigenvalue weighted by atomic mass is 35.5. The number of hydrogen-bond donors (Lipinski definition) is 2. The number of likely N-dealkylation sites (N-methyl/N-ethyl adjacent to an activating group) is 1. The Balaban J connectivity index is 1.46. The molecule has 37 heavy (non-hydrogen) atoms. The number of nitrogens with one attached hydrogen (secondary N) is 1. The van der Waals surface area contributed by atoms with Crippen LogP contribution in [0.2, 0.25) is 5.02 Å². The van der Waals surface area contributed by atoms with Gasteiger partial charge < -0.3 is 24.8 Å². The van der Waals surface area contributed by atoms with Crippen LogP contribution in [0, 0.1) is 0 Å². The zero-order valence-electron chi connectivity index (χ0n) is 21.1. The molecule has 2 aromatic heterocycles. The van der Waals surface area contributed by atoms with Crippen molar-refractivity contribution in [3.8, 4) is 22.4 Å². The Hall–Kier alpha value is -3.32. The molecule has 0 bridgehead atoms. The highest BCUT2D eigenvalue weighted by Crippen LogP contribution is 2.43. The zero-order valence-corrected chi connectivity index (χ0v) is 21.9. The molecular formula is C30H32ClN5O. The van der Waals surface area contributed by atoms with E-state index in [0.29, 0.717) is 5.02 Å². The van der Waals surface area contributed by atoms with Crippen LogP contribution in [0.1, 0.15) is 12.0 Å². The number of nitrogens with zero attached hydrogens (tertiary/aromatic N) is 4. The second kappa shape index (κ2) is 9.86. The molecule has 2 aromatic carbocycles. The van der Waals surface area contributed by atoms with Crippen LogP contribution < -0.4 is 9.80 Å². The molecule has 0 saturated carbocycles. The molecule has 6 nitrogen and oxygen atoms in total. The van der Waals surface area contributed by atoms with Gasteiger partial charge in [0.25, 0.3) is 0 Å². The Morgan fingerprint density at radius 1 is 1.03 bits per heavy atom. The van der Waals surface area contributed by atoms with Gasteiger partial charge >= 0.3 is 0 Å². The number of aryl methyl sites for hydroxylation is 1. The third-order valence-electron chi connectivity index (χ3n) is 7.73. The van der Waals surface area contributed by atoms with E-state index in [2.05, 4.69) is 75.9 Å². The van der Waals surface area contributed by atoms with Crippen molar-refractivity contribution in [3.63, 3.8) is 0 Å². The molecule has 0 radical (unpaired) electrons. The molecule has 7 heteroatoms. The van der Waals surface area contributed by atoms with Gasteiger partial charge in [0.05, 0.1) is 10.7 Å². The molecule has 1 fully saturated rings. The highest BCUT2D eigenvalue weighted by Gasteiger charge is 2.24. The maximum atomic E-state index is 10.6. The lowest BCUT2D eigenvalue weighted by atomic mass is 9.94. The van der Waals surface area contributed by atoms with E-state index in [0.717, 1.165) is 84.7 Å². The van der Waals surface area contributed by atoms with Crippen LogP contribution in [-0.4, -0.2) is 66.0 Å². The summed E-state index contributed by atoms with van der Waals surface area (Å²) < 4.78 is 0. The van der Waals surface area contributed by atoms with Crippen molar-refractivity contribution in [1.29, 1.82) is 0 Å². The maximum absolute atomic E-state index is 10.6. The Morgan fingerprint density at radius 3 is 2.54 bits per heavy atom. The maximum Gasteiger partial charge on any atom is 0.145 e. The molecule has 2 aliphatic heterocycles. The van der Waals surface area contributed by atoms with Crippen LogP contribution in [-0.2, 0) is 6.42 Å². The molecular weight excluding hydrogens is 482 g/mol. The number of H-pyrrole nitrogens is 1. The van der Waals surface area contributed by atoms with Gasteiger partial charge in [-0.1, -0.05) is 42.4 Å². The topological polar surface area (TPSA) is 58.6 Å². The van der Waals surface area contributed by atoms with Crippen molar-refractivity contribution in [1.82, 2.24) is 14.9 Å². The van der Waals surface area contributed by atoms with Crippen LogP contribution in [0.25, 0.3) is 33.4 Å². The highest BCUT2D eigenvalue weighted by molar-refractivity contribution is 6.36. The van der Waals surface area contributed by atoms with Gasteiger partial charge in [0.1, 0.15) is 11.9 Å². The Labute approximate surface area is 222 Å². The summed E-state index contributed by atoms with van der Waals surface area (Å²) in [5, 5.41) is 12.2. The van der Waals surface area contributed by atoms with Crippen molar-refractivity contribution in [2.24, 2.45) is 0 Å². The quantitative estimate of drug-likeness (QED) is 0.342. The summed E-state index contributed by atoms with van der Waals surface area (Å²) in [4.78, 5) is 15.0. The lowest BCUT2D eigenvalue weighted by Gasteiger charge is -2.34. The predicted octanol–water partition coefficient (Wildman–Crippen LogP) is 5.56. The minimum Gasteiger partial charge on any atom is -0.370 e. The van der Waals surface area contributed by atoms with E-state index in [9.17, 15) is 5.11 Å². The Kier molecular flexibility index (Phi) is 6.41. The first kappa shape index (κ1) is 24.0. The first-order valence-electron chi connectivity index (χ1n) is 12.9. The van der Waals surface area contributed by atoms with E-state index in [-0.39, 0.29) is 0 Å². The molecule has 4 aromatic rings. The average Bonchev–Trinajstić information content (AvgIpc) is 3.33. The zero-order chi connectivity index (χ0) is 25.5. The summed E-state index contributed by atoms with van der Waals surface area (Å²) in [7, 11) is 2.18. The molecule has 190 valence electrons. The van der Waals surface area contributed by atoms with Crippen LogP contribution in [0.3, 0.4) is 0 Å². The summed E-state index contributed by atoms with van der Waals surface area (Å²) >= 11 is 6.76. The van der Waals surface area contributed by atoms with Crippen molar-refractivity contribution in [2.75, 3.05) is 49.6 Å². The number of rotatable bonds is 5. The largest absolute Gasteiger partial charge is 0.370 e. The van der Waals surface area contributed by atoms with E-state index in [1.54, 1.807) is 12.3 Å². The van der Waals surface area contributed by atoms with E-state index >= 15 is 0 Å². The van der Waals surface area contributed by atoms with E-state index in [1.165, 1.54) is 11.3 Å². The molecule has 4 heterocycles. The van der Waals surface area contributed by atoms with Gasteiger partial charge in [-0.3, -0.25) is 0 Å². The smallest absolute Gasteiger partial charge is 0.145 e. The Morgan fingerprint density at radius 2 is 1.78 bits per heavy atom. The SMILES string of the molecule is C=CC(O)N1CCCc2ccc(-c3c(-c4ccc(N5CCN(C)CC5)cc4)[nH]c4nccc(Cl)c34)cc21. The fourth-order valence-corrected chi connectivity index (χ4v) is 5.89. The van der Waals surface area contributed by atoms with E-state index in [1.807, 2.05) is 11.0 Å². The van der Waals surface area contributed by atoms with Crippen molar-refractivity contribution in [3.05, 3.63) is 78.0 Å². The lowest BCUT2D eigenvalue weighted by Crippen LogP contribution is -2.44. The number of halogens is 1. The second-order valence-corrected chi connectivity index (χ2v) is 10.4.